The summed E-state index contributed by atoms with van der Waals surface area (Å²) in [6, 6.07) is 1.90. The van der Waals surface area contributed by atoms with Crippen molar-refractivity contribution in [2.24, 2.45) is 0 Å². The topological polar surface area (TPSA) is 50.7 Å². The van der Waals surface area contributed by atoms with Crippen molar-refractivity contribution in [2.45, 2.75) is 18.8 Å². The van der Waals surface area contributed by atoms with Crippen LogP contribution in [0, 0.1) is 0 Å². The SMILES string of the molecule is c1cc2ncc(C3CCNCC3)nc2cn1. The highest BCUT2D eigenvalue weighted by Gasteiger charge is 2.16. The first-order chi connectivity index (χ1) is 7.93. The minimum Gasteiger partial charge on any atom is -0.317 e. The molecule has 0 atom stereocenters. The zero-order chi connectivity index (χ0) is 10.8. The number of piperidine rings is 1. The maximum absolute atomic E-state index is 4.65. The quantitative estimate of drug-likeness (QED) is 0.781. The standard InChI is InChI=1S/C12H14N4/c1-4-13-5-2-9(1)11-8-15-10-3-6-14-7-12(10)16-11/h3,6-9,13H,1-2,4-5H2. The van der Waals surface area contributed by atoms with E-state index in [2.05, 4.69) is 20.3 Å². The molecule has 1 N–H and O–H groups in total. The monoisotopic (exact) mass is 214 g/mol. The molecule has 0 bridgehead atoms. The highest BCUT2D eigenvalue weighted by Crippen LogP contribution is 2.23. The van der Waals surface area contributed by atoms with Gasteiger partial charge in [-0.25, -0.2) is 4.98 Å². The number of pyridine rings is 1. The molecule has 0 saturated carbocycles. The Kier molecular flexibility index (Phi) is 2.50. The number of hydrogen-bond donors (Lipinski definition) is 1. The van der Waals surface area contributed by atoms with E-state index in [0.717, 1.165) is 42.7 Å². The van der Waals surface area contributed by atoms with Crippen LogP contribution < -0.4 is 5.32 Å². The first-order valence-electron chi connectivity index (χ1n) is 5.71. The summed E-state index contributed by atoms with van der Waals surface area (Å²) in [5, 5.41) is 3.36. The molecular weight excluding hydrogens is 200 g/mol. The Balaban J connectivity index is 1.97. The molecule has 1 aliphatic heterocycles. The Hall–Kier alpha value is -1.55. The van der Waals surface area contributed by atoms with E-state index in [1.165, 1.54) is 0 Å². The van der Waals surface area contributed by atoms with Gasteiger partial charge in [0.2, 0.25) is 0 Å². The summed E-state index contributed by atoms with van der Waals surface area (Å²) >= 11 is 0. The van der Waals surface area contributed by atoms with Gasteiger partial charge in [-0.1, -0.05) is 0 Å². The molecule has 82 valence electrons. The van der Waals surface area contributed by atoms with Gasteiger partial charge in [-0.15, -0.1) is 0 Å². The normalized spacial score (nSPS) is 17.8. The maximum Gasteiger partial charge on any atom is 0.107 e. The van der Waals surface area contributed by atoms with E-state index in [9.17, 15) is 0 Å². The predicted octanol–water partition coefficient (Wildman–Crippen LogP) is 1.49. The van der Waals surface area contributed by atoms with Gasteiger partial charge in [-0.3, -0.25) is 9.97 Å². The van der Waals surface area contributed by atoms with E-state index in [1.807, 2.05) is 12.3 Å². The lowest BCUT2D eigenvalue weighted by molar-refractivity contribution is 0.453. The lowest BCUT2D eigenvalue weighted by Gasteiger charge is -2.21. The average molecular weight is 214 g/mol. The van der Waals surface area contributed by atoms with E-state index in [0.29, 0.717) is 5.92 Å². The zero-order valence-electron chi connectivity index (χ0n) is 9.06. The predicted molar refractivity (Wildman–Crippen MR) is 62.2 cm³/mol. The summed E-state index contributed by atoms with van der Waals surface area (Å²) < 4.78 is 0. The number of fused-ring (bicyclic) bond motifs is 1. The van der Waals surface area contributed by atoms with Gasteiger partial charge >= 0.3 is 0 Å². The Morgan fingerprint density at radius 2 is 2.00 bits per heavy atom. The average Bonchev–Trinajstić information content (AvgIpc) is 2.39. The van der Waals surface area contributed by atoms with Crippen LogP contribution >= 0.6 is 0 Å². The van der Waals surface area contributed by atoms with Crippen LogP contribution in [0.5, 0.6) is 0 Å². The number of aromatic nitrogens is 3. The molecule has 3 rings (SSSR count). The number of nitrogens with zero attached hydrogens (tertiary/aromatic N) is 3. The van der Waals surface area contributed by atoms with Crippen molar-refractivity contribution < 1.29 is 0 Å². The molecule has 2 aromatic rings. The van der Waals surface area contributed by atoms with Crippen molar-refractivity contribution in [1.82, 2.24) is 20.3 Å². The van der Waals surface area contributed by atoms with Crippen LogP contribution in [0.1, 0.15) is 24.5 Å². The lowest BCUT2D eigenvalue weighted by Crippen LogP contribution is -2.27. The van der Waals surface area contributed by atoms with Crippen molar-refractivity contribution in [2.75, 3.05) is 13.1 Å². The zero-order valence-corrected chi connectivity index (χ0v) is 9.06. The van der Waals surface area contributed by atoms with Gasteiger partial charge in [-0.2, -0.15) is 0 Å². The van der Waals surface area contributed by atoms with E-state index in [1.54, 1.807) is 12.4 Å². The highest BCUT2D eigenvalue weighted by atomic mass is 14.9. The summed E-state index contributed by atoms with van der Waals surface area (Å²) in [5.41, 5.74) is 2.94. The van der Waals surface area contributed by atoms with E-state index < -0.39 is 0 Å². The van der Waals surface area contributed by atoms with Gasteiger partial charge in [0.25, 0.3) is 0 Å². The van der Waals surface area contributed by atoms with Gasteiger partial charge in [0.05, 0.1) is 17.4 Å². The minimum absolute atomic E-state index is 0.554. The Morgan fingerprint density at radius 1 is 1.12 bits per heavy atom. The van der Waals surface area contributed by atoms with Crippen molar-refractivity contribution in [3.8, 4) is 0 Å². The van der Waals surface area contributed by atoms with Crippen molar-refractivity contribution in [3.05, 3.63) is 30.4 Å². The van der Waals surface area contributed by atoms with Crippen LogP contribution in [0.3, 0.4) is 0 Å². The van der Waals surface area contributed by atoms with Gasteiger partial charge in [0, 0.05) is 18.3 Å². The Labute approximate surface area is 94.1 Å². The molecule has 1 fully saturated rings. The first kappa shape index (κ1) is 9.66. The molecular formula is C12H14N4. The van der Waals surface area contributed by atoms with E-state index in [-0.39, 0.29) is 0 Å². The molecule has 0 aliphatic carbocycles. The second-order valence-electron chi connectivity index (χ2n) is 4.18. The molecule has 16 heavy (non-hydrogen) atoms. The molecule has 0 aromatic carbocycles. The highest BCUT2D eigenvalue weighted by molar-refractivity contribution is 5.72. The molecule has 4 heteroatoms. The van der Waals surface area contributed by atoms with Crippen LogP contribution in [0.4, 0.5) is 0 Å². The van der Waals surface area contributed by atoms with Crippen LogP contribution in [-0.4, -0.2) is 28.0 Å². The molecule has 3 heterocycles. The van der Waals surface area contributed by atoms with E-state index >= 15 is 0 Å². The van der Waals surface area contributed by atoms with Crippen LogP contribution in [-0.2, 0) is 0 Å². The van der Waals surface area contributed by atoms with Crippen molar-refractivity contribution >= 4 is 11.0 Å². The summed E-state index contributed by atoms with van der Waals surface area (Å²) in [6.45, 7) is 2.16. The second-order valence-corrected chi connectivity index (χ2v) is 4.18. The third-order valence-electron chi connectivity index (χ3n) is 3.12. The molecule has 0 amide bonds. The number of hydrogen-bond acceptors (Lipinski definition) is 4. The van der Waals surface area contributed by atoms with Crippen LogP contribution in [0.2, 0.25) is 0 Å². The Bertz CT molecular complexity index is 491. The fourth-order valence-electron chi connectivity index (χ4n) is 2.19. The third-order valence-corrected chi connectivity index (χ3v) is 3.12. The van der Waals surface area contributed by atoms with Gasteiger partial charge in [0.15, 0.2) is 0 Å². The molecule has 4 nitrogen and oxygen atoms in total. The minimum atomic E-state index is 0.554. The van der Waals surface area contributed by atoms with Gasteiger partial charge < -0.3 is 5.32 Å². The molecule has 0 spiro atoms. The van der Waals surface area contributed by atoms with Crippen LogP contribution in [0.25, 0.3) is 11.0 Å². The van der Waals surface area contributed by atoms with Crippen LogP contribution in [0.15, 0.2) is 24.7 Å². The molecule has 0 unspecified atom stereocenters. The van der Waals surface area contributed by atoms with Crippen molar-refractivity contribution in [1.29, 1.82) is 0 Å². The molecule has 2 aromatic heterocycles. The molecule has 1 aliphatic rings. The summed E-state index contributed by atoms with van der Waals surface area (Å²) in [5.74, 6) is 0.554. The molecule has 1 saturated heterocycles. The fraction of sp³-hybridized carbons (Fsp3) is 0.417. The molecule has 0 radical (unpaired) electrons. The van der Waals surface area contributed by atoms with Crippen molar-refractivity contribution in [3.63, 3.8) is 0 Å². The fourth-order valence-corrected chi connectivity index (χ4v) is 2.19. The summed E-state index contributed by atoms with van der Waals surface area (Å²) in [6.07, 6.45) is 7.76. The number of nitrogens with one attached hydrogen (secondary N) is 1. The summed E-state index contributed by atoms with van der Waals surface area (Å²) in [7, 11) is 0. The Morgan fingerprint density at radius 3 is 2.88 bits per heavy atom. The largest absolute Gasteiger partial charge is 0.317 e. The summed E-state index contributed by atoms with van der Waals surface area (Å²) in [4.78, 5) is 13.2. The van der Waals surface area contributed by atoms with Gasteiger partial charge in [-0.05, 0) is 32.0 Å². The van der Waals surface area contributed by atoms with E-state index in [4.69, 9.17) is 0 Å². The first-order valence-corrected chi connectivity index (χ1v) is 5.71. The third kappa shape index (κ3) is 1.76. The maximum atomic E-state index is 4.65. The smallest absolute Gasteiger partial charge is 0.107 e. The lowest BCUT2D eigenvalue weighted by atomic mass is 9.95. The number of rotatable bonds is 1. The second kappa shape index (κ2) is 4.14. The van der Waals surface area contributed by atoms with Gasteiger partial charge in [0.1, 0.15) is 5.52 Å².